The molecule has 2 rings (SSSR count). The van der Waals surface area contributed by atoms with Crippen LogP contribution in [0.5, 0.6) is 0 Å². The third kappa shape index (κ3) is 1.83. The molecule has 6 nitrogen and oxygen atoms in total. The highest BCUT2D eigenvalue weighted by Gasteiger charge is 2.45. The van der Waals surface area contributed by atoms with Crippen molar-refractivity contribution in [2.75, 3.05) is 0 Å². The Kier molecular flexibility index (Phi) is 2.33. The van der Waals surface area contributed by atoms with Crippen molar-refractivity contribution in [1.82, 2.24) is 15.1 Å². The van der Waals surface area contributed by atoms with Crippen molar-refractivity contribution in [3.63, 3.8) is 0 Å². The molecule has 0 atom stereocenters. The zero-order valence-corrected chi connectivity index (χ0v) is 8.21. The van der Waals surface area contributed by atoms with Crippen LogP contribution in [0.1, 0.15) is 21.7 Å². The van der Waals surface area contributed by atoms with Crippen LogP contribution in [0, 0.1) is 0 Å². The van der Waals surface area contributed by atoms with E-state index in [0.29, 0.717) is 4.90 Å². The van der Waals surface area contributed by atoms with Gasteiger partial charge >= 0.3 is 18.1 Å². The van der Waals surface area contributed by atoms with Gasteiger partial charge in [0.15, 0.2) is 5.69 Å². The minimum absolute atomic E-state index is 0.120. The molecule has 0 fully saturated rings. The summed E-state index contributed by atoms with van der Waals surface area (Å²) in [6, 6.07) is 0. The predicted octanol–water partition coefficient (Wildman–Crippen LogP) is 0.512. The zero-order valence-electron chi connectivity index (χ0n) is 8.21. The number of fused-ring (bicyclic) bond motifs is 1. The maximum absolute atomic E-state index is 12.2. The number of aromatic amines is 1. The summed E-state index contributed by atoms with van der Waals surface area (Å²) in [6.07, 6.45) is -4.96. The summed E-state index contributed by atoms with van der Waals surface area (Å²) in [4.78, 5) is 22.1. The Balaban J connectivity index is 2.23. The Morgan fingerprint density at radius 1 is 1.35 bits per heavy atom. The van der Waals surface area contributed by atoms with Gasteiger partial charge in [-0.05, 0) is 0 Å². The van der Waals surface area contributed by atoms with Gasteiger partial charge in [0.2, 0.25) is 0 Å². The van der Waals surface area contributed by atoms with Gasteiger partial charge in [-0.25, -0.2) is 4.79 Å². The van der Waals surface area contributed by atoms with E-state index in [4.69, 9.17) is 5.11 Å². The number of alkyl halides is 3. The average Bonchev–Trinajstić information content (AvgIpc) is 2.71. The zero-order chi connectivity index (χ0) is 12.8. The summed E-state index contributed by atoms with van der Waals surface area (Å²) in [5.74, 6) is -3.33. The van der Waals surface area contributed by atoms with E-state index in [1.807, 2.05) is 0 Å². The third-order valence-electron chi connectivity index (χ3n) is 2.38. The van der Waals surface area contributed by atoms with E-state index in [0.717, 1.165) is 0 Å². The minimum Gasteiger partial charge on any atom is -0.476 e. The van der Waals surface area contributed by atoms with Gasteiger partial charge in [0.25, 0.3) is 0 Å². The number of carboxylic acid groups (broad SMARTS) is 1. The molecule has 1 aromatic heterocycles. The number of hydrogen-bond donors (Lipinski definition) is 2. The lowest BCUT2D eigenvalue weighted by Gasteiger charge is -2.16. The molecule has 9 heteroatoms. The fourth-order valence-corrected chi connectivity index (χ4v) is 1.64. The molecule has 1 aliphatic heterocycles. The van der Waals surface area contributed by atoms with Gasteiger partial charge in [0.1, 0.15) is 0 Å². The number of amides is 1. The van der Waals surface area contributed by atoms with Crippen LogP contribution in [0.3, 0.4) is 0 Å². The molecule has 92 valence electrons. The number of rotatable bonds is 1. The summed E-state index contributed by atoms with van der Waals surface area (Å²) >= 11 is 0. The highest BCUT2D eigenvalue weighted by Crippen LogP contribution is 2.28. The number of carbonyl (C=O) groups excluding carboxylic acids is 1. The van der Waals surface area contributed by atoms with Crippen LogP contribution >= 0.6 is 0 Å². The quantitative estimate of drug-likeness (QED) is 0.759. The Hall–Kier alpha value is -2.06. The van der Waals surface area contributed by atoms with Crippen LogP contribution in [0.4, 0.5) is 13.2 Å². The maximum Gasteiger partial charge on any atom is 0.471 e. The average molecular weight is 249 g/mol. The number of nitrogens with one attached hydrogen (secondary N) is 1. The fraction of sp³-hybridized carbons (Fsp3) is 0.375. The topological polar surface area (TPSA) is 86.3 Å². The molecule has 0 radical (unpaired) electrons. The molecular formula is C8H6F3N3O3. The van der Waals surface area contributed by atoms with Gasteiger partial charge in [0.05, 0.1) is 18.8 Å². The standard InChI is InChI=1S/C8H6F3N3O3/c9-8(10,11)7(17)14-1-3-4(2-14)12-13-5(3)6(15)16/h1-2H2,(H,12,13)(H,15,16). The molecule has 0 bridgehead atoms. The number of carboxylic acids is 1. The van der Waals surface area contributed by atoms with E-state index in [-0.39, 0.29) is 23.5 Å². The van der Waals surface area contributed by atoms with Gasteiger partial charge in [-0.1, -0.05) is 0 Å². The smallest absolute Gasteiger partial charge is 0.471 e. The molecule has 0 saturated carbocycles. The molecule has 0 aliphatic carbocycles. The van der Waals surface area contributed by atoms with E-state index in [1.165, 1.54) is 0 Å². The number of aromatic carboxylic acids is 1. The molecule has 2 N–H and O–H groups in total. The number of nitrogens with zero attached hydrogens (tertiary/aromatic N) is 2. The second-order valence-corrected chi connectivity index (χ2v) is 3.49. The maximum atomic E-state index is 12.2. The number of H-pyrrole nitrogens is 1. The van der Waals surface area contributed by atoms with Crippen LogP contribution in [0.15, 0.2) is 0 Å². The van der Waals surface area contributed by atoms with E-state index >= 15 is 0 Å². The highest BCUT2D eigenvalue weighted by atomic mass is 19.4. The first-order valence-electron chi connectivity index (χ1n) is 4.46. The lowest BCUT2D eigenvalue weighted by molar-refractivity contribution is -0.186. The Morgan fingerprint density at radius 2 is 2.00 bits per heavy atom. The van der Waals surface area contributed by atoms with Gasteiger partial charge in [-0.15, -0.1) is 0 Å². The number of hydrogen-bond acceptors (Lipinski definition) is 3. The summed E-state index contributed by atoms with van der Waals surface area (Å²) in [5.41, 5.74) is -0.00688. The van der Waals surface area contributed by atoms with E-state index in [2.05, 4.69) is 10.2 Å². The lowest BCUT2D eigenvalue weighted by Crippen LogP contribution is -2.37. The van der Waals surface area contributed by atoms with Crippen LogP contribution < -0.4 is 0 Å². The van der Waals surface area contributed by atoms with Crippen LogP contribution in [0.2, 0.25) is 0 Å². The van der Waals surface area contributed by atoms with E-state index in [1.54, 1.807) is 0 Å². The predicted molar refractivity (Wildman–Crippen MR) is 45.9 cm³/mol. The Morgan fingerprint density at radius 3 is 2.53 bits per heavy atom. The molecular weight excluding hydrogens is 243 g/mol. The van der Waals surface area contributed by atoms with Crippen molar-refractivity contribution in [3.8, 4) is 0 Å². The van der Waals surface area contributed by atoms with Crippen molar-refractivity contribution in [1.29, 1.82) is 0 Å². The second kappa shape index (κ2) is 3.47. The second-order valence-electron chi connectivity index (χ2n) is 3.49. The first-order valence-corrected chi connectivity index (χ1v) is 4.46. The molecule has 0 spiro atoms. The molecule has 1 aliphatic rings. The molecule has 2 heterocycles. The SMILES string of the molecule is O=C(O)c1n[nH]c2c1CN(C(=O)C(F)(F)F)C2. The van der Waals surface area contributed by atoms with Crippen LogP contribution in [-0.2, 0) is 17.9 Å². The Labute approximate surface area is 92.0 Å². The van der Waals surface area contributed by atoms with Gasteiger partial charge in [-0.2, -0.15) is 18.3 Å². The van der Waals surface area contributed by atoms with Crippen LogP contribution in [-0.4, -0.2) is 38.3 Å². The Bertz CT molecular complexity index is 494. The number of carbonyl (C=O) groups is 2. The third-order valence-corrected chi connectivity index (χ3v) is 2.38. The van der Waals surface area contributed by atoms with Crippen molar-refractivity contribution >= 4 is 11.9 Å². The van der Waals surface area contributed by atoms with Crippen LogP contribution in [0.25, 0.3) is 0 Å². The monoisotopic (exact) mass is 249 g/mol. The van der Waals surface area contributed by atoms with Gasteiger partial charge < -0.3 is 10.0 Å². The number of aromatic nitrogens is 2. The molecule has 17 heavy (non-hydrogen) atoms. The van der Waals surface area contributed by atoms with Crippen molar-refractivity contribution < 1.29 is 27.9 Å². The molecule has 1 amide bonds. The molecule has 0 aromatic carbocycles. The number of halogens is 3. The van der Waals surface area contributed by atoms with Crippen molar-refractivity contribution in [2.24, 2.45) is 0 Å². The summed E-state index contributed by atoms with van der Waals surface area (Å²) < 4.78 is 36.5. The normalized spacial score (nSPS) is 14.9. The minimum atomic E-state index is -4.96. The first kappa shape index (κ1) is 11.4. The fourth-order valence-electron chi connectivity index (χ4n) is 1.64. The van der Waals surface area contributed by atoms with Crippen molar-refractivity contribution in [2.45, 2.75) is 19.3 Å². The first-order chi connectivity index (χ1) is 7.80. The van der Waals surface area contributed by atoms with E-state index < -0.39 is 24.6 Å². The van der Waals surface area contributed by atoms with Crippen molar-refractivity contribution in [3.05, 3.63) is 17.0 Å². The molecule has 0 saturated heterocycles. The van der Waals surface area contributed by atoms with E-state index in [9.17, 15) is 22.8 Å². The lowest BCUT2D eigenvalue weighted by atomic mass is 10.2. The molecule has 1 aromatic rings. The summed E-state index contributed by atoms with van der Waals surface area (Å²) in [7, 11) is 0. The summed E-state index contributed by atoms with van der Waals surface area (Å²) in [6.45, 7) is -0.709. The van der Waals surface area contributed by atoms with Gasteiger partial charge in [0, 0.05) is 5.56 Å². The largest absolute Gasteiger partial charge is 0.476 e. The summed E-state index contributed by atoms with van der Waals surface area (Å²) in [5, 5.41) is 14.5. The highest BCUT2D eigenvalue weighted by molar-refractivity contribution is 5.88. The molecule has 0 unspecified atom stereocenters. The van der Waals surface area contributed by atoms with Gasteiger partial charge in [-0.3, -0.25) is 9.89 Å².